The Morgan fingerprint density at radius 1 is 1.18 bits per heavy atom. The van der Waals surface area contributed by atoms with Gasteiger partial charge in [-0.25, -0.2) is 9.59 Å². The van der Waals surface area contributed by atoms with Gasteiger partial charge in [-0.3, -0.25) is 0 Å². The molecule has 5 nitrogen and oxygen atoms in total. The predicted molar refractivity (Wildman–Crippen MR) is 69.7 cm³/mol. The molecule has 0 aliphatic carbocycles. The molecule has 0 rings (SSSR count). The van der Waals surface area contributed by atoms with Crippen molar-refractivity contribution < 1.29 is 14.3 Å². The first-order valence-electron chi connectivity index (χ1n) is 5.14. The Morgan fingerprint density at radius 2 is 1.65 bits per heavy atom. The van der Waals surface area contributed by atoms with Gasteiger partial charge in [-0.2, -0.15) is 0 Å². The average Bonchev–Trinajstić information content (AvgIpc) is 1.96. The van der Waals surface area contributed by atoms with Gasteiger partial charge in [0.2, 0.25) is 0 Å². The smallest absolute Gasteiger partial charge is 0.331 e. The number of nitrogens with one attached hydrogen (secondary N) is 2. The molecule has 0 heterocycles. The Labute approximate surface area is 107 Å². The van der Waals surface area contributed by atoms with Gasteiger partial charge in [-0.1, -0.05) is 6.58 Å². The van der Waals surface area contributed by atoms with Crippen molar-refractivity contribution >= 4 is 24.6 Å². The summed E-state index contributed by atoms with van der Waals surface area (Å²) in [7, 11) is 0. The fourth-order valence-corrected chi connectivity index (χ4v) is 1.00. The Kier molecular flexibility index (Phi) is 5.07. The lowest BCUT2D eigenvalue weighted by molar-refractivity contribution is -0.161. The van der Waals surface area contributed by atoms with Crippen molar-refractivity contribution in [2.45, 2.75) is 45.8 Å². The van der Waals surface area contributed by atoms with Crippen LogP contribution in [-0.4, -0.2) is 23.1 Å². The summed E-state index contributed by atoms with van der Waals surface area (Å²) < 4.78 is 5.19. The number of carbonyl (C=O) groups excluding carboxylic acids is 2. The highest BCUT2D eigenvalue weighted by Crippen LogP contribution is 2.13. The average molecular weight is 260 g/mol. The molecule has 0 aromatic rings. The zero-order valence-electron chi connectivity index (χ0n) is 10.9. The van der Waals surface area contributed by atoms with Crippen molar-refractivity contribution in [2.24, 2.45) is 0 Å². The maximum absolute atomic E-state index is 11.8. The number of amides is 2. The van der Waals surface area contributed by atoms with Crippen molar-refractivity contribution in [1.29, 1.82) is 0 Å². The highest BCUT2D eigenvalue weighted by atomic mass is 32.1. The lowest BCUT2D eigenvalue weighted by atomic mass is 10.1. The zero-order valence-corrected chi connectivity index (χ0v) is 11.8. The number of rotatable bonds is 3. The highest BCUT2D eigenvalue weighted by molar-refractivity contribution is 7.84. The van der Waals surface area contributed by atoms with Crippen LogP contribution in [0.25, 0.3) is 0 Å². The van der Waals surface area contributed by atoms with Gasteiger partial charge in [0.1, 0.15) is 11.1 Å². The van der Waals surface area contributed by atoms with Crippen molar-refractivity contribution in [3.05, 3.63) is 11.6 Å². The molecule has 0 aliphatic rings. The molecule has 17 heavy (non-hydrogen) atoms. The lowest BCUT2D eigenvalue weighted by Crippen LogP contribution is -2.54. The van der Waals surface area contributed by atoms with E-state index in [-0.39, 0.29) is 5.03 Å². The Balaban J connectivity index is 4.52. The monoisotopic (exact) mass is 260 g/mol. The summed E-state index contributed by atoms with van der Waals surface area (Å²) in [5, 5.41) is 5.00. The van der Waals surface area contributed by atoms with Crippen molar-refractivity contribution in [3.8, 4) is 0 Å². The Bertz CT molecular complexity index is 332. The van der Waals surface area contributed by atoms with E-state index in [4.69, 9.17) is 4.74 Å². The number of esters is 1. The van der Waals surface area contributed by atoms with Crippen LogP contribution >= 0.6 is 12.6 Å². The molecule has 0 bridgehead atoms. The summed E-state index contributed by atoms with van der Waals surface area (Å²) in [6, 6.07) is -0.555. The van der Waals surface area contributed by atoms with Crippen LogP contribution in [-0.2, 0) is 9.53 Å². The molecule has 0 unspecified atom stereocenters. The summed E-state index contributed by atoms with van der Waals surface area (Å²) >= 11 is 3.83. The minimum Gasteiger partial charge on any atom is -0.458 e. The molecule has 6 heteroatoms. The number of urea groups is 1. The normalized spacial score (nSPS) is 11.6. The third-order valence-corrected chi connectivity index (χ3v) is 1.70. The second kappa shape index (κ2) is 5.44. The fourth-order valence-electron chi connectivity index (χ4n) is 0.903. The van der Waals surface area contributed by atoms with E-state index < -0.39 is 23.1 Å². The van der Waals surface area contributed by atoms with Crippen LogP contribution in [0.3, 0.4) is 0 Å². The third kappa shape index (κ3) is 6.88. The molecule has 0 saturated heterocycles. The van der Waals surface area contributed by atoms with Gasteiger partial charge in [-0.15, -0.1) is 12.6 Å². The quantitative estimate of drug-likeness (QED) is 0.535. The van der Waals surface area contributed by atoms with Crippen LogP contribution in [0.4, 0.5) is 4.79 Å². The van der Waals surface area contributed by atoms with Gasteiger partial charge in [0.05, 0.1) is 5.03 Å². The summed E-state index contributed by atoms with van der Waals surface area (Å²) in [5.41, 5.74) is -1.72. The highest BCUT2D eigenvalue weighted by Gasteiger charge is 2.34. The largest absolute Gasteiger partial charge is 0.458 e. The summed E-state index contributed by atoms with van der Waals surface area (Å²) in [5.74, 6) is -0.509. The molecule has 0 spiro atoms. The Hall–Kier alpha value is -1.17. The molecular weight excluding hydrogens is 240 g/mol. The van der Waals surface area contributed by atoms with Crippen LogP contribution in [0, 0.1) is 0 Å². The minimum absolute atomic E-state index is 0.197. The minimum atomic E-state index is -1.12. The molecular formula is C11H20N2O3S. The van der Waals surface area contributed by atoms with Gasteiger partial charge < -0.3 is 15.4 Å². The van der Waals surface area contributed by atoms with E-state index in [0.717, 1.165) is 0 Å². The number of hydrogen-bond donors (Lipinski definition) is 3. The van der Waals surface area contributed by atoms with Gasteiger partial charge in [0.25, 0.3) is 0 Å². The Morgan fingerprint density at radius 3 is 2.00 bits per heavy atom. The number of hydrogen-bond acceptors (Lipinski definition) is 4. The summed E-state index contributed by atoms with van der Waals surface area (Å²) in [4.78, 5) is 23.2. The maximum Gasteiger partial charge on any atom is 0.331 e. The van der Waals surface area contributed by atoms with Crippen LogP contribution in [0.5, 0.6) is 0 Å². The van der Waals surface area contributed by atoms with E-state index in [9.17, 15) is 9.59 Å². The SMILES string of the molecule is C=C(S)NC(=O)NC(C)(C)C(=O)OC(C)(C)C. The van der Waals surface area contributed by atoms with Gasteiger partial charge in [0.15, 0.2) is 0 Å². The molecule has 0 fully saturated rings. The van der Waals surface area contributed by atoms with E-state index >= 15 is 0 Å². The second-order valence-electron chi connectivity index (χ2n) is 5.15. The predicted octanol–water partition coefficient (Wildman–Crippen LogP) is 1.81. The van der Waals surface area contributed by atoms with E-state index in [1.807, 2.05) is 0 Å². The molecule has 2 N–H and O–H groups in total. The summed E-state index contributed by atoms with van der Waals surface area (Å²) in [6.07, 6.45) is 0. The first-order valence-corrected chi connectivity index (χ1v) is 5.59. The molecule has 0 aliphatic heterocycles. The third-order valence-electron chi connectivity index (χ3n) is 1.59. The van der Waals surface area contributed by atoms with Crippen LogP contribution < -0.4 is 10.6 Å². The fraction of sp³-hybridized carbons (Fsp3) is 0.636. The standard InChI is InChI=1S/C11H20N2O3S/c1-7(17)12-9(15)13-11(5,6)8(14)16-10(2,3)4/h17H,1H2,2-6H3,(H2,12,13,15). The summed E-state index contributed by atoms with van der Waals surface area (Å²) in [6.45, 7) is 11.8. The second-order valence-corrected chi connectivity index (χ2v) is 5.69. The number of thiol groups is 1. The number of ether oxygens (including phenoxy) is 1. The van der Waals surface area contributed by atoms with Gasteiger partial charge >= 0.3 is 12.0 Å². The van der Waals surface area contributed by atoms with Crippen molar-refractivity contribution in [3.63, 3.8) is 0 Å². The first kappa shape index (κ1) is 15.8. The lowest BCUT2D eigenvalue weighted by Gasteiger charge is -2.29. The molecule has 2 amide bonds. The molecule has 98 valence electrons. The molecule has 0 aromatic heterocycles. The zero-order chi connectivity index (χ0) is 13.9. The van der Waals surface area contributed by atoms with Crippen LogP contribution in [0.15, 0.2) is 11.6 Å². The van der Waals surface area contributed by atoms with E-state index in [2.05, 4.69) is 29.8 Å². The van der Waals surface area contributed by atoms with E-state index in [1.54, 1.807) is 34.6 Å². The van der Waals surface area contributed by atoms with Crippen molar-refractivity contribution in [2.75, 3.05) is 0 Å². The van der Waals surface area contributed by atoms with Crippen molar-refractivity contribution in [1.82, 2.24) is 10.6 Å². The van der Waals surface area contributed by atoms with E-state index in [0.29, 0.717) is 0 Å². The topological polar surface area (TPSA) is 67.4 Å². The van der Waals surface area contributed by atoms with Gasteiger partial charge in [-0.05, 0) is 34.6 Å². The van der Waals surface area contributed by atoms with Crippen LogP contribution in [0.2, 0.25) is 0 Å². The first-order chi connectivity index (χ1) is 7.44. The molecule has 0 saturated carbocycles. The molecule has 0 aromatic carbocycles. The molecule has 0 atom stereocenters. The van der Waals surface area contributed by atoms with Crippen LogP contribution in [0.1, 0.15) is 34.6 Å². The van der Waals surface area contributed by atoms with E-state index in [1.165, 1.54) is 0 Å². The van der Waals surface area contributed by atoms with Gasteiger partial charge in [0, 0.05) is 0 Å². The molecule has 0 radical (unpaired) electrons. The number of carbonyl (C=O) groups is 2. The maximum atomic E-state index is 11.8.